The van der Waals surface area contributed by atoms with Gasteiger partial charge in [0.2, 0.25) is 0 Å². The lowest BCUT2D eigenvalue weighted by Crippen LogP contribution is -2.51. The maximum Gasteiger partial charge on any atom is 0.338 e. The highest BCUT2D eigenvalue weighted by Gasteiger charge is 2.47. The van der Waals surface area contributed by atoms with Crippen LogP contribution in [0.4, 0.5) is 0 Å². The van der Waals surface area contributed by atoms with Crippen molar-refractivity contribution in [1.82, 2.24) is 0 Å². The van der Waals surface area contributed by atoms with Crippen LogP contribution < -0.4 is 0 Å². The van der Waals surface area contributed by atoms with Gasteiger partial charge in [0.1, 0.15) is 0 Å². The minimum absolute atomic E-state index is 0.0356. The van der Waals surface area contributed by atoms with Crippen molar-refractivity contribution in [1.29, 1.82) is 0 Å². The number of ether oxygens (including phenoxy) is 2. The van der Waals surface area contributed by atoms with Crippen molar-refractivity contribution in [3.05, 3.63) is 0 Å². The highest BCUT2D eigenvalue weighted by Crippen LogP contribution is 2.38. The predicted molar refractivity (Wildman–Crippen MR) is 50.8 cm³/mol. The molecule has 1 atom stereocenters. The summed E-state index contributed by atoms with van der Waals surface area (Å²) >= 11 is 0. The molecule has 0 aromatic rings. The van der Waals surface area contributed by atoms with Gasteiger partial charge in [0.15, 0.2) is 5.60 Å². The van der Waals surface area contributed by atoms with E-state index in [9.17, 15) is 9.90 Å². The normalized spacial score (nSPS) is 30.3. The molecule has 82 valence electrons. The van der Waals surface area contributed by atoms with Crippen molar-refractivity contribution in [3.8, 4) is 0 Å². The summed E-state index contributed by atoms with van der Waals surface area (Å²) in [6.45, 7) is 3.55. The van der Waals surface area contributed by atoms with Crippen molar-refractivity contribution < 1.29 is 19.4 Å². The van der Waals surface area contributed by atoms with Crippen molar-refractivity contribution in [2.45, 2.75) is 38.4 Å². The molecule has 1 unspecified atom stereocenters. The Morgan fingerprint density at radius 3 is 2.57 bits per heavy atom. The van der Waals surface area contributed by atoms with Gasteiger partial charge < -0.3 is 14.6 Å². The minimum atomic E-state index is -1.36. The third-order valence-corrected chi connectivity index (χ3v) is 2.91. The molecule has 0 bridgehead atoms. The molecule has 1 N–H and O–H groups in total. The zero-order valence-electron chi connectivity index (χ0n) is 8.95. The van der Waals surface area contributed by atoms with E-state index < -0.39 is 11.6 Å². The van der Waals surface area contributed by atoms with E-state index in [1.54, 1.807) is 14.0 Å². The lowest BCUT2D eigenvalue weighted by Gasteiger charge is -2.41. The van der Waals surface area contributed by atoms with Gasteiger partial charge in [-0.25, -0.2) is 4.79 Å². The van der Waals surface area contributed by atoms with Crippen LogP contribution in [0.1, 0.15) is 26.7 Å². The van der Waals surface area contributed by atoms with Crippen LogP contribution in [0.5, 0.6) is 0 Å². The Hall–Kier alpha value is -0.610. The average Bonchev–Trinajstić information content (AvgIpc) is 2.02. The maximum absolute atomic E-state index is 11.4. The summed E-state index contributed by atoms with van der Waals surface area (Å²) in [5.74, 6) is -0.564. The highest BCUT2D eigenvalue weighted by atomic mass is 16.5. The van der Waals surface area contributed by atoms with Gasteiger partial charge in [-0.05, 0) is 26.7 Å². The number of methoxy groups -OCH3 is 1. The molecule has 0 spiro atoms. The van der Waals surface area contributed by atoms with Crippen molar-refractivity contribution >= 4 is 5.97 Å². The second kappa shape index (κ2) is 4.28. The summed E-state index contributed by atoms with van der Waals surface area (Å²) in [6, 6.07) is 0. The van der Waals surface area contributed by atoms with E-state index in [0.717, 1.165) is 12.8 Å². The van der Waals surface area contributed by atoms with E-state index >= 15 is 0 Å². The van der Waals surface area contributed by atoms with Crippen LogP contribution >= 0.6 is 0 Å². The number of carbonyl (C=O) groups is 1. The monoisotopic (exact) mass is 202 g/mol. The van der Waals surface area contributed by atoms with E-state index in [1.807, 2.05) is 0 Å². The van der Waals surface area contributed by atoms with E-state index in [4.69, 9.17) is 9.47 Å². The standard InChI is InChI=1S/C10H18O4/c1-4-14-9(11)10(2,12)7-5-8(6-7)13-3/h7-8,12H,4-6H2,1-3H3. The first-order valence-corrected chi connectivity index (χ1v) is 4.94. The molecule has 0 aromatic heterocycles. The molecular weight excluding hydrogens is 184 g/mol. The van der Waals surface area contributed by atoms with Gasteiger partial charge in [0, 0.05) is 13.0 Å². The molecule has 1 saturated carbocycles. The molecule has 0 amide bonds. The number of hydrogen-bond donors (Lipinski definition) is 1. The fourth-order valence-corrected chi connectivity index (χ4v) is 1.66. The summed E-state index contributed by atoms with van der Waals surface area (Å²) in [5.41, 5.74) is -1.36. The van der Waals surface area contributed by atoms with Crippen molar-refractivity contribution in [2.75, 3.05) is 13.7 Å². The van der Waals surface area contributed by atoms with E-state index in [0.29, 0.717) is 6.61 Å². The maximum atomic E-state index is 11.4. The molecule has 4 nitrogen and oxygen atoms in total. The van der Waals surface area contributed by atoms with Crippen molar-refractivity contribution in [2.24, 2.45) is 5.92 Å². The number of hydrogen-bond acceptors (Lipinski definition) is 4. The summed E-state index contributed by atoms with van der Waals surface area (Å²) in [5, 5.41) is 9.92. The van der Waals surface area contributed by atoms with Crippen LogP contribution in [0.3, 0.4) is 0 Å². The molecule has 1 aliphatic rings. The zero-order chi connectivity index (χ0) is 10.8. The van der Waals surface area contributed by atoms with Crippen LogP contribution in [-0.2, 0) is 14.3 Å². The summed E-state index contributed by atoms with van der Waals surface area (Å²) < 4.78 is 9.89. The van der Waals surface area contributed by atoms with Gasteiger partial charge in [0.05, 0.1) is 12.7 Å². The van der Waals surface area contributed by atoms with Crippen molar-refractivity contribution in [3.63, 3.8) is 0 Å². The Morgan fingerprint density at radius 1 is 1.57 bits per heavy atom. The van der Waals surface area contributed by atoms with Gasteiger partial charge in [-0.2, -0.15) is 0 Å². The van der Waals surface area contributed by atoms with Gasteiger partial charge in [-0.3, -0.25) is 0 Å². The lowest BCUT2D eigenvalue weighted by molar-refractivity contribution is -0.179. The van der Waals surface area contributed by atoms with Crippen LogP contribution in [0.2, 0.25) is 0 Å². The average molecular weight is 202 g/mol. The molecule has 1 rings (SSSR count). The fraction of sp³-hybridized carbons (Fsp3) is 0.900. The third kappa shape index (κ3) is 2.07. The Kier molecular flexibility index (Phi) is 3.50. The molecule has 1 aliphatic carbocycles. The molecule has 0 radical (unpaired) electrons. The number of aliphatic hydroxyl groups is 1. The summed E-state index contributed by atoms with van der Waals surface area (Å²) in [6.07, 6.45) is 1.63. The van der Waals surface area contributed by atoms with E-state index in [1.165, 1.54) is 6.92 Å². The quantitative estimate of drug-likeness (QED) is 0.683. The Balaban J connectivity index is 2.46. The summed E-state index contributed by atoms with van der Waals surface area (Å²) in [4.78, 5) is 11.4. The van der Waals surface area contributed by atoms with Crippen LogP contribution in [0, 0.1) is 5.92 Å². The van der Waals surface area contributed by atoms with Crippen LogP contribution in [0.15, 0.2) is 0 Å². The summed E-state index contributed by atoms with van der Waals surface area (Å²) in [7, 11) is 1.64. The molecular formula is C10H18O4. The smallest absolute Gasteiger partial charge is 0.338 e. The number of esters is 1. The number of carbonyl (C=O) groups excluding carboxylic acids is 1. The zero-order valence-corrected chi connectivity index (χ0v) is 8.95. The first kappa shape index (κ1) is 11.5. The minimum Gasteiger partial charge on any atom is -0.464 e. The van der Waals surface area contributed by atoms with Crippen LogP contribution in [0.25, 0.3) is 0 Å². The van der Waals surface area contributed by atoms with E-state index in [-0.39, 0.29) is 12.0 Å². The number of rotatable bonds is 4. The Bertz CT molecular complexity index is 206. The Labute approximate surface area is 84.2 Å². The highest BCUT2D eigenvalue weighted by molar-refractivity contribution is 5.79. The molecule has 1 fully saturated rings. The molecule has 0 aromatic carbocycles. The molecule has 0 saturated heterocycles. The van der Waals surface area contributed by atoms with Gasteiger partial charge in [0.25, 0.3) is 0 Å². The second-order valence-corrected chi connectivity index (χ2v) is 3.89. The molecule has 0 aliphatic heterocycles. The molecule has 0 heterocycles. The van der Waals surface area contributed by atoms with Gasteiger partial charge in [-0.15, -0.1) is 0 Å². The topological polar surface area (TPSA) is 55.8 Å². The SMILES string of the molecule is CCOC(=O)C(C)(O)C1CC(OC)C1. The lowest BCUT2D eigenvalue weighted by atomic mass is 9.71. The predicted octanol–water partition coefficient (Wildman–Crippen LogP) is 0.726. The first-order chi connectivity index (χ1) is 6.52. The van der Waals surface area contributed by atoms with E-state index in [2.05, 4.69) is 0 Å². The second-order valence-electron chi connectivity index (χ2n) is 3.89. The largest absolute Gasteiger partial charge is 0.464 e. The van der Waals surface area contributed by atoms with Gasteiger partial charge in [-0.1, -0.05) is 0 Å². The van der Waals surface area contributed by atoms with Gasteiger partial charge >= 0.3 is 5.97 Å². The molecule has 4 heteroatoms. The fourth-order valence-electron chi connectivity index (χ4n) is 1.66. The third-order valence-electron chi connectivity index (χ3n) is 2.91. The van der Waals surface area contributed by atoms with Crippen LogP contribution in [-0.4, -0.2) is 36.5 Å². The Morgan fingerprint density at radius 2 is 2.14 bits per heavy atom. The first-order valence-electron chi connectivity index (χ1n) is 4.94. The molecule has 14 heavy (non-hydrogen) atoms.